The number of nitrogens with zero attached hydrogens (tertiary/aromatic N) is 1. The molecule has 0 atom stereocenters. The second-order valence-electron chi connectivity index (χ2n) is 4.84. The quantitative estimate of drug-likeness (QED) is 0.651. The molecule has 1 rings (SSSR count). The molecule has 0 unspecified atom stereocenters. The third-order valence-electron chi connectivity index (χ3n) is 3.28. The van der Waals surface area contributed by atoms with Crippen molar-refractivity contribution < 1.29 is 0 Å². The molecule has 1 nitrogen and oxygen atoms in total. The van der Waals surface area contributed by atoms with Gasteiger partial charge in [-0.3, -0.25) is 0 Å². The van der Waals surface area contributed by atoms with Crippen LogP contribution in [0.2, 0.25) is 0 Å². The lowest BCUT2D eigenvalue weighted by Crippen LogP contribution is -1.97. The van der Waals surface area contributed by atoms with Crippen LogP contribution in [0.15, 0.2) is 23.8 Å². The van der Waals surface area contributed by atoms with Gasteiger partial charge in [-0.15, -0.1) is 0 Å². The lowest BCUT2D eigenvalue weighted by molar-refractivity contribution is 0.906. The molecular formula is C17H23N. The lowest BCUT2D eigenvalue weighted by atomic mass is 9.88. The van der Waals surface area contributed by atoms with E-state index in [0.29, 0.717) is 0 Å². The number of benzene rings is 1. The first-order valence-corrected chi connectivity index (χ1v) is 6.84. The molecule has 0 radical (unpaired) electrons. The van der Waals surface area contributed by atoms with E-state index in [1.807, 2.05) is 0 Å². The Hall–Kier alpha value is -1.55. The van der Waals surface area contributed by atoms with Gasteiger partial charge in [-0.05, 0) is 49.0 Å². The summed E-state index contributed by atoms with van der Waals surface area (Å²) in [4.78, 5) is 0. The van der Waals surface area contributed by atoms with Crippen LogP contribution >= 0.6 is 0 Å². The molecule has 1 heteroatoms. The maximum Gasteiger partial charge on any atom is 0.0950 e. The van der Waals surface area contributed by atoms with Crippen LogP contribution in [-0.2, 0) is 0 Å². The first-order valence-electron chi connectivity index (χ1n) is 6.84. The first kappa shape index (κ1) is 14.5. The van der Waals surface area contributed by atoms with E-state index in [1.165, 1.54) is 22.3 Å². The number of hydrogen-bond acceptors (Lipinski definition) is 1. The monoisotopic (exact) mass is 241 g/mol. The minimum Gasteiger partial charge on any atom is -0.193 e. The molecule has 0 aliphatic carbocycles. The highest BCUT2D eigenvalue weighted by Crippen LogP contribution is 2.30. The number of allylic oxidation sites excluding steroid dienone is 2. The molecule has 0 aliphatic heterocycles. The predicted octanol–water partition coefficient (Wildman–Crippen LogP) is 5.18. The third kappa shape index (κ3) is 3.23. The molecule has 1 aromatic rings. The molecule has 0 heterocycles. The number of hydrogen-bond donors (Lipinski definition) is 0. The zero-order chi connectivity index (χ0) is 13.5. The van der Waals surface area contributed by atoms with E-state index in [9.17, 15) is 5.26 Å². The largest absolute Gasteiger partial charge is 0.193 e. The van der Waals surface area contributed by atoms with Crippen LogP contribution in [0.5, 0.6) is 0 Å². The van der Waals surface area contributed by atoms with Crippen molar-refractivity contribution in [2.75, 3.05) is 0 Å². The smallest absolute Gasteiger partial charge is 0.0950 e. The summed E-state index contributed by atoms with van der Waals surface area (Å²) in [6.45, 7) is 8.58. The Morgan fingerprint density at radius 3 is 2.06 bits per heavy atom. The Morgan fingerprint density at radius 2 is 1.61 bits per heavy atom. The summed E-state index contributed by atoms with van der Waals surface area (Å²) in [5.41, 5.74) is 6.09. The summed E-state index contributed by atoms with van der Waals surface area (Å²) >= 11 is 0. The van der Waals surface area contributed by atoms with Gasteiger partial charge in [-0.1, -0.05) is 44.9 Å². The molecule has 0 amide bonds. The van der Waals surface area contributed by atoms with E-state index in [4.69, 9.17) is 0 Å². The second kappa shape index (κ2) is 7.01. The van der Waals surface area contributed by atoms with Crippen molar-refractivity contribution in [2.24, 2.45) is 0 Å². The highest BCUT2D eigenvalue weighted by atomic mass is 14.3. The van der Waals surface area contributed by atoms with E-state index in [1.54, 1.807) is 0 Å². The van der Waals surface area contributed by atoms with Gasteiger partial charge in [-0.2, -0.15) is 5.26 Å². The highest BCUT2D eigenvalue weighted by molar-refractivity contribution is 5.75. The lowest BCUT2D eigenvalue weighted by Gasteiger charge is -2.15. The second-order valence-corrected chi connectivity index (χ2v) is 4.84. The number of aryl methyl sites for hydroxylation is 2. The van der Waals surface area contributed by atoms with E-state index in [2.05, 4.69) is 52.0 Å². The van der Waals surface area contributed by atoms with Crippen molar-refractivity contribution in [1.82, 2.24) is 0 Å². The fourth-order valence-corrected chi connectivity index (χ4v) is 2.49. The van der Waals surface area contributed by atoms with Crippen molar-refractivity contribution in [3.8, 4) is 6.07 Å². The molecule has 0 fully saturated rings. The van der Waals surface area contributed by atoms with Crippen molar-refractivity contribution in [3.63, 3.8) is 0 Å². The fourth-order valence-electron chi connectivity index (χ4n) is 2.49. The van der Waals surface area contributed by atoms with E-state index < -0.39 is 0 Å². The molecule has 96 valence electrons. The Bertz CT molecular complexity index is 455. The zero-order valence-electron chi connectivity index (χ0n) is 12.0. The van der Waals surface area contributed by atoms with Gasteiger partial charge in [0.2, 0.25) is 0 Å². The molecule has 0 N–H and O–H groups in total. The van der Waals surface area contributed by atoms with Crippen molar-refractivity contribution in [2.45, 2.75) is 53.4 Å². The van der Waals surface area contributed by atoms with Crippen LogP contribution in [-0.4, -0.2) is 0 Å². The van der Waals surface area contributed by atoms with E-state index >= 15 is 0 Å². The van der Waals surface area contributed by atoms with Crippen LogP contribution in [0.1, 0.15) is 56.2 Å². The third-order valence-corrected chi connectivity index (χ3v) is 3.28. The molecule has 0 saturated heterocycles. The van der Waals surface area contributed by atoms with Crippen molar-refractivity contribution in [3.05, 3.63) is 40.5 Å². The predicted molar refractivity (Wildman–Crippen MR) is 78.3 cm³/mol. The zero-order valence-corrected chi connectivity index (χ0v) is 12.0. The average Bonchev–Trinajstić information content (AvgIpc) is 2.35. The molecular weight excluding hydrogens is 218 g/mol. The number of rotatable bonds is 5. The van der Waals surface area contributed by atoms with Gasteiger partial charge in [0.15, 0.2) is 0 Å². The van der Waals surface area contributed by atoms with Gasteiger partial charge >= 0.3 is 0 Å². The van der Waals surface area contributed by atoms with Gasteiger partial charge in [0, 0.05) is 5.57 Å². The Kier molecular flexibility index (Phi) is 5.65. The molecule has 0 aromatic heterocycles. The molecule has 1 aromatic carbocycles. The van der Waals surface area contributed by atoms with Crippen molar-refractivity contribution in [1.29, 1.82) is 5.26 Å². The number of nitriles is 1. The minimum absolute atomic E-state index is 0.888. The van der Waals surface area contributed by atoms with Gasteiger partial charge in [-0.25, -0.2) is 0 Å². The van der Waals surface area contributed by atoms with Crippen LogP contribution in [0, 0.1) is 25.2 Å². The van der Waals surface area contributed by atoms with Crippen LogP contribution in [0.3, 0.4) is 0 Å². The Balaban J connectivity index is 3.41. The van der Waals surface area contributed by atoms with Crippen LogP contribution in [0.4, 0.5) is 0 Å². The Labute approximate surface area is 111 Å². The van der Waals surface area contributed by atoms with E-state index in [-0.39, 0.29) is 0 Å². The van der Waals surface area contributed by atoms with Gasteiger partial charge in [0.05, 0.1) is 6.07 Å². The summed E-state index contributed by atoms with van der Waals surface area (Å²) in [5.74, 6) is 0. The molecule has 0 bridgehead atoms. The maximum absolute atomic E-state index is 9.39. The minimum atomic E-state index is 0.888. The Morgan fingerprint density at radius 1 is 1.06 bits per heavy atom. The molecule has 18 heavy (non-hydrogen) atoms. The molecule has 0 saturated carbocycles. The summed E-state index contributed by atoms with van der Waals surface area (Å²) in [7, 11) is 0. The maximum atomic E-state index is 9.39. The van der Waals surface area contributed by atoms with Crippen LogP contribution < -0.4 is 0 Å². The highest BCUT2D eigenvalue weighted by Gasteiger charge is 2.12. The summed E-state index contributed by atoms with van der Waals surface area (Å²) < 4.78 is 0. The van der Waals surface area contributed by atoms with Gasteiger partial charge in [0.25, 0.3) is 0 Å². The normalized spacial score (nSPS) is 11.9. The standard InChI is InChI=1S/C17H23N/c1-5-8-15(12-18)16(9-6-2)17-13(3)10-7-11-14(17)4/h7,10-11H,5-6,8-9H2,1-4H3/b16-15-. The van der Waals surface area contributed by atoms with Crippen LogP contribution in [0.25, 0.3) is 5.57 Å². The van der Waals surface area contributed by atoms with Crippen molar-refractivity contribution >= 4 is 5.57 Å². The summed E-state index contributed by atoms with van der Waals surface area (Å²) in [6.07, 6.45) is 3.99. The van der Waals surface area contributed by atoms with E-state index in [0.717, 1.165) is 31.3 Å². The summed E-state index contributed by atoms with van der Waals surface area (Å²) in [6, 6.07) is 8.78. The first-order chi connectivity index (χ1) is 8.65. The SMILES string of the molecule is CCC/C(C#N)=C(\CCC)c1c(C)cccc1C. The van der Waals surface area contributed by atoms with Gasteiger partial charge < -0.3 is 0 Å². The van der Waals surface area contributed by atoms with Gasteiger partial charge in [0.1, 0.15) is 0 Å². The average molecular weight is 241 g/mol. The fraction of sp³-hybridized carbons (Fsp3) is 0.471. The molecule has 0 aliphatic rings. The topological polar surface area (TPSA) is 23.8 Å². The summed E-state index contributed by atoms with van der Waals surface area (Å²) in [5, 5.41) is 9.39. The molecule has 0 spiro atoms.